The van der Waals surface area contributed by atoms with Crippen LogP contribution in [0.3, 0.4) is 0 Å². The predicted octanol–water partition coefficient (Wildman–Crippen LogP) is -0.246. The van der Waals surface area contributed by atoms with E-state index in [0.717, 1.165) is 13.0 Å². The first kappa shape index (κ1) is 12.6. The molecule has 2 heterocycles. The normalized spacial score (nSPS) is 22.1. The van der Waals surface area contributed by atoms with E-state index in [1.807, 2.05) is 7.05 Å². The number of nitrogens with one attached hydrogen (secondary N) is 1. The minimum absolute atomic E-state index is 0.0762. The number of rotatable bonds is 4. The van der Waals surface area contributed by atoms with Crippen LogP contribution in [0.15, 0.2) is 21.6 Å². The Labute approximate surface area is 100 Å². The molecule has 0 aliphatic carbocycles. The smallest absolute Gasteiger partial charge is 0.274 e. The van der Waals surface area contributed by atoms with Gasteiger partial charge in [-0.25, -0.2) is 13.1 Å². The number of nitrogens with zero attached hydrogens (tertiary/aromatic N) is 1. The highest BCUT2D eigenvalue weighted by Gasteiger charge is 2.27. The second-order valence-electron chi connectivity index (χ2n) is 4.25. The van der Waals surface area contributed by atoms with E-state index in [1.165, 1.54) is 12.1 Å². The van der Waals surface area contributed by atoms with E-state index in [0.29, 0.717) is 6.54 Å². The molecule has 0 amide bonds. The summed E-state index contributed by atoms with van der Waals surface area (Å²) in [5.74, 6) is 0.244. The van der Waals surface area contributed by atoms with E-state index in [-0.39, 0.29) is 23.5 Å². The van der Waals surface area contributed by atoms with Crippen LogP contribution in [-0.2, 0) is 16.6 Å². The van der Waals surface area contributed by atoms with Crippen molar-refractivity contribution in [2.24, 2.45) is 0 Å². The lowest BCUT2D eigenvalue weighted by atomic mass is 10.3. The molecule has 0 bridgehead atoms. The third kappa shape index (κ3) is 2.86. The lowest BCUT2D eigenvalue weighted by molar-refractivity contribution is 0.236. The number of aliphatic hydroxyl groups is 1. The second-order valence-corrected chi connectivity index (χ2v) is 5.89. The first-order valence-electron chi connectivity index (χ1n) is 5.42. The zero-order valence-corrected chi connectivity index (χ0v) is 10.4. The molecule has 0 radical (unpaired) electrons. The highest BCUT2D eigenvalue weighted by Crippen LogP contribution is 2.16. The highest BCUT2D eigenvalue weighted by atomic mass is 32.2. The van der Waals surface area contributed by atoms with Gasteiger partial charge in [0.15, 0.2) is 0 Å². The Kier molecular flexibility index (Phi) is 3.53. The number of likely N-dealkylation sites (tertiary alicyclic amines) is 1. The molecule has 0 aromatic carbocycles. The summed E-state index contributed by atoms with van der Waals surface area (Å²) in [6.07, 6.45) is 0.795. The monoisotopic (exact) mass is 260 g/mol. The molecule has 17 heavy (non-hydrogen) atoms. The van der Waals surface area contributed by atoms with E-state index in [2.05, 4.69) is 9.62 Å². The average Bonchev–Trinajstić information content (AvgIpc) is 2.86. The molecular formula is C10H16N2O4S. The third-order valence-electron chi connectivity index (χ3n) is 2.77. The summed E-state index contributed by atoms with van der Waals surface area (Å²) in [5, 5.41) is 8.68. The quantitative estimate of drug-likeness (QED) is 0.780. The van der Waals surface area contributed by atoms with Crippen molar-refractivity contribution in [3.63, 3.8) is 0 Å². The Morgan fingerprint density at radius 3 is 2.88 bits per heavy atom. The average molecular weight is 260 g/mol. The van der Waals surface area contributed by atoms with Crippen molar-refractivity contribution < 1.29 is 17.9 Å². The maximum atomic E-state index is 11.9. The number of aliphatic hydroxyl groups excluding tert-OH is 1. The first-order chi connectivity index (χ1) is 8.01. The van der Waals surface area contributed by atoms with Crippen LogP contribution in [-0.4, -0.2) is 44.6 Å². The largest absolute Gasteiger partial charge is 0.446 e. The van der Waals surface area contributed by atoms with Gasteiger partial charge in [0.2, 0.25) is 5.09 Å². The predicted molar refractivity (Wildman–Crippen MR) is 60.9 cm³/mol. The summed E-state index contributed by atoms with van der Waals surface area (Å²) in [6, 6.07) is 2.73. The summed E-state index contributed by atoms with van der Waals surface area (Å²) in [5.41, 5.74) is 0. The molecule has 1 fully saturated rings. The molecular weight excluding hydrogens is 244 g/mol. The molecule has 1 aliphatic heterocycles. The van der Waals surface area contributed by atoms with Gasteiger partial charge in [-0.05, 0) is 32.1 Å². The lowest BCUT2D eigenvalue weighted by Crippen LogP contribution is -2.36. The van der Waals surface area contributed by atoms with Crippen LogP contribution in [0, 0.1) is 0 Å². The summed E-state index contributed by atoms with van der Waals surface area (Å²) in [4.78, 5) is 2.06. The fourth-order valence-electron chi connectivity index (χ4n) is 1.90. The summed E-state index contributed by atoms with van der Waals surface area (Å²) in [7, 11) is -1.66. The number of sulfonamides is 1. The van der Waals surface area contributed by atoms with Crippen molar-refractivity contribution in [1.29, 1.82) is 0 Å². The van der Waals surface area contributed by atoms with Gasteiger partial charge < -0.3 is 14.4 Å². The van der Waals surface area contributed by atoms with E-state index in [4.69, 9.17) is 9.52 Å². The maximum absolute atomic E-state index is 11.9. The minimum atomic E-state index is -3.61. The Bertz CT molecular complexity index is 482. The van der Waals surface area contributed by atoms with E-state index >= 15 is 0 Å². The van der Waals surface area contributed by atoms with Gasteiger partial charge in [0.1, 0.15) is 12.4 Å². The zero-order chi connectivity index (χ0) is 12.5. The fraction of sp³-hybridized carbons (Fsp3) is 0.600. The van der Waals surface area contributed by atoms with Crippen molar-refractivity contribution in [2.75, 3.05) is 20.1 Å². The third-order valence-corrected chi connectivity index (χ3v) is 4.16. The Morgan fingerprint density at radius 2 is 2.35 bits per heavy atom. The van der Waals surface area contributed by atoms with E-state index in [1.54, 1.807) is 0 Å². The molecule has 1 aromatic heterocycles. The number of hydrogen-bond acceptors (Lipinski definition) is 5. The van der Waals surface area contributed by atoms with Crippen molar-refractivity contribution in [2.45, 2.75) is 24.2 Å². The maximum Gasteiger partial charge on any atom is 0.274 e. The van der Waals surface area contributed by atoms with Crippen LogP contribution in [0.1, 0.15) is 12.2 Å². The van der Waals surface area contributed by atoms with Gasteiger partial charge in [0.25, 0.3) is 10.0 Å². The molecule has 7 heteroatoms. The summed E-state index contributed by atoms with van der Waals surface area (Å²) < 4.78 is 31.5. The van der Waals surface area contributed by atoms with Gasteiger partial charge in [-0.15, -0.1) is 0 Å². The molecule has 1 saturated heterocycles. The van der Waals surface area contributed by atoms with Crippen molar-refractivity contribution >= 4 is 10.0 Å². The molecule has 2 rings (SSSR count). The summed E-state index contributed by atoms with van der Waals surface area (Å²) >= 11 is 0. The molecule has 1 unspecified atom stereocenters. The van der Waals surface area contributed by atoms with Crippen molar-refractivity contribution in [3.05, 3.63) is 17.9 Å². The molecule has 1 aliphatic rings. The van der Waals surface area contributed by atoms with E-state index < -0.39 is 10.0 Å². The van der Waals surface area contributed by atoms with Crippen LogP contribution in [0.25, 0.3) is 0 Å². The van der Waals surface area contributed by atoms with Gasteiger partial charge in [-0.1, -0.05) is 0 Å². The topological polar surface area (TPSA) is 82.8 Å². The minimum Gasteiger partial charge on any atom is -0.446 e. The van der Waals surface area contributed by atoms with Crippen molar-refractivity contribution in [1.82, 2.24) is 9.62 Å². The first-order valence-corrected chi connectivity index (χ1v) is 6.90. The molecule has 0 spiro atoms. The molecule has 6 nitrogen and oxygen atoms in total. The van der Waals surface area contributed by atoms with Crippen LogP contribution >= 0.6 is 0 Å². The molecule has 96 valence electrons. The number of furan rings is 1. The van der Waals surface area contributed by atoms with Gasteiger partial charge >= 0.3 is 0 Å². The molecule has 1 aromatic rings. The van der Waals surface area contributed by atoms with Crippen LogP contribution in [0.5, 0.6) is 0 Å². The summed E-state index contributed by atoms with van der Waals surface area (Å²) in [6.45, 7) is 1.28. The van der Waals surface area contributed by atoms with E-state index in [9.17, 15) is 8.42 Å². The Balaban J connectivity index is 2.08. The molecule has 2 N–H and O–H groups in total. The highest BCUT2D eigenvalue weighted by molar-refractivity contribution is 7.89. The number of hydrogen-bond donors (Lipinski definition) is 2. The Hall–Kier alpha value is -0.890. The van der Waals surface area contributed by atoms with Crippen molar-refractivity contribution in [3.8, 4) is 0 Å². The SMILES string of the molecule is CN1CCC(NS(=O)(=O)c2ccc(CO)o2)C1. The standard InChI is InChI=1S/C10H16N2O4S/c1-12-5-4-8(6-12)11-17(14,15)10-3-2-9(7-13)16-10/h2-3,8,11,13H,4-7H2,1H3. The zero-order valence-electron chi connectivity index (χ0n) is 9.59. The van der Waals surface area contributed by atoms with Crippen LogP contribution < -0.4 is 4.72 Å². The Morgan fingerprint density at radius 1 is 1.59 bits per heavy atom. The van der Waals surface area contributed by atoms with Crippen LogP contribution in [0.2, 0.25) is 0 Å². The van der Waals surface area contributed by atoms with Gasteiger partial charge in [0.05, 0.1) is 0 Å². The molecule has 0 saturated carbocycles. The van der Waals surface area contributed by atoms with Gasteiger partial charge in [0, 0.05) is 12.6 Å². The van der Waals surface area contributed by atoms with Gasteiger partial charge in [-0.3, -0.25) is 0 Å². The molecule has 1 atom stereocenters. The van der Waals surface area contributed by atoms with Crippen LogP contribution in [0.4, 0.5) is 0 Å². The second kappa shape index (κ2) is 4.77. The fourth-order valence-corrected chi connectivity index (χ4v) is 3.11. The van der Waals surface area contributed by atoms with Gasteiger partial charge in [-0.2, -0.15) is 0 Å². The lowest BCUT2D eigenvalue weighted by Gasteiger charge is -2.11. The number of likely N-dealkylation sites (N-methyl/N-ethyl adjacent to an activating group) is 1.